The van der Waals surface area contributed by atoms with Crippen LogP contribution in [0.2, 0.25) is 0 Å². The number of hydrogen-bond acceptors (Lipinski definition) is 5. The molecule has 3 aliphatic heterocycles. The van der Waals surface area contributed by atoms with Gasteiger partial charge >= 0.3 is 0 Å². The summed E-state index contributed by atoms with van der Waals surface area (Å²) in [5, 5.41) is 2.36. The summed E-state index contributed by atoms with van der Waals surface area (Å²) in [6.45, 7) is 4.98. The zero-order valence-electron chi connectivity index (χ0n) is 16.3. The van der Waals surface area contributed by atoms with E-state index in [1.54, 1.807) is 4.90 Å². The average molecular weight is 384 g/mol. The summed E-state index contributed by atoms with van der Waals surface area (Å²) in [4.78, 5) is 40.9. The second-order valence-electron chi connectivity index (χ2n) is 8.35. The molecule has 0 aliphatic carbocycles. The number of nitrogens with two attached hydrogens (primary N) is 1. The first-order valence-corrected chi connectivity index (χ1v) is 10.2. The second-order valence-corrected chi connectivity index (χ2v) is 8.35. The van der Waals surface area contributed by atoms with Gasteiger partial charge < -0.3 is 10.6 Å². The van der Waals surface area contributed by atoms with Crippen molar-refractivity contribution in [3.63, 3.8) is 0 Å². The van der Waals surface area contributed by atoms with Crippen LogP contribution in [0.3, 0.4) is 0 Å². The smallest absolute Gasteiger partial charge is 0.255 e. The van der Waals surface area contributed by atoms with E-state index in [1.807, 2.05) is 18.2 Å². The highest BCUT2D eigenvalue weighted by Crippen LogP contribution is 2.32. The third-order valence-electron chi connectivity index (χ3n) is 6.34. The number of likely N-dealkylation sites (tertiary alicyclic amines) is 1. The van der Waals surface area contributed by atoms with E-state index in [-0.39, 0.29) is 24.1 Å². The van der Waals surface area contributed by atoms with Gasteiger partial charge in [-0.1, -0.05) is 25.1 Å². The van der Waals surface area contributed by atoms with Crippen LogP contribution in [0.5, 0.6) is 0 Å². The number of benzene rings is 1. The molecule has 150 valence electrons. The Balaban J connectivity index is 1.56. The van der Waals surface area contributed by atoms with Gasteiger partial charge in [-0.25, -0.2) is 0 Å². The first-order valence-electron chi connectivity index (χ1n) is 10.2. The normalized spacial score (nSPS) is 28.4. The van der Waals surface area contributed by atoms with E-state index in [2.05, 4.69) is 17.1 Å². The standard InChI is InChI=1S/C21H28N4O3/c1-13-5-6-16(9-22)24(10-13)11-14-3-2-4-15-12-25(21(28)19(14)15)17-7-8-18(26)23-20(17)27/h2-4,13,16-17H,5-12,22H2,1H3,(H,23,26,27). The minimum absolute atomic E-state index is 0.102. The number of amides is 3. The lowest BCUT2D eigenvalue weighted by Crippen LogP contribution is -2.52. The lowest BCUT2D eigenvalue weighted by Gasteiger charge is -2.38. The largest absolute Gasteiger partial charge is 0.329 e. The Labute approximate surface area is 165 Å². The Morgan fingerprint density at radius 2 is 2.00 bits per heavy atom. The van der Waals surface area contributed by atoms with Crippen LogP contribution in [0.4, 0.5) is 0 Å². The van der Waals surface area contributed by atoms with Crippen LogP contribution in [0.15, 0.2) is 18.2 Å². The molecule has 7 nitrogen and oxygen atoms in total. The Hall–Kier alpha value is -2.25. The summed E-state index contributed by atoms with van der Waals surface area (Å²) in [5.41, 5.74) is 8.68. The van der Waals surface area contributed by atoms with Crippen molar-refractivity contribution in [2.75, 3.05) is 13.1 Å². The molecule has 4 rings (SSSR count). The van der Waals surface area contributed by atoms with E-state index in [9.17, 15) is 14.4 Å². The Morgan fingerprint density at radius 3 is 2.75 bits per heavy atom. The van der Waals surface area contributed by atoms with Crippen molar-refractivity contribution in [3.05, 3.63) is 34.9 Å². The Bertz CT molecular complexity index is 809. The number of fused-ring (bicyclic) bond motifs is 1. The van der Waals surface area contributed by atoms with Crippen molar-refractivity contribution in [1.82, 2.24) is 15.1 Å². The molecule has 0 radical (unpaired) electrons. The summed E-state index contributed by atoms with van der Waals surface area (Å²) in [6.07, 6.45) is 2.93. The van der Waals surface area contributed by atoms with Crippen LogP contribution in [-0.4, -0.2) is 52.7 Å². The van der Waals surface area contributed by atoms with Crippen molar-refractivity contribution in [2.24, 2.45) is 11.7 Å². The van der Waals surface area contributed by atoms with Crippen molar-refractivity contribution >= 4 is 17.7 Å². The van der Waals surface area contributed by atoms with Crippen LogP contribution in [0, 0.1) is 5.92 Å². The van der Waals surface area contributed by atoms with Gasteiger partial charge in [0.15, 0.2) is 0 Å². The van der Waals surface area contributed by atoms with Gasteiger partial charge in [-0.15, -0.1) is 0 Å². The zero-order valence-corrected chi connectivity index (χ0v) is 16.3. The zero-order chi connectivity index (χ0) is 19.8. The first-order chi connectivity index (χ1) is 13.5. The van der Waals surface area contributed by atoms with Gasteiger partial charge in [0, 0.05) is 44.2 Å². The Kier molecular flexibility index (Phi) is 5.21. The molecule has 3 unspecified atom stereocenters. The summed E-state index contributed by atoms with van der Waals surface area (Å²) in [6, 6.07) is 5.73. The lowest BCUT2D eigenvalue weighted by atomic mass is 9.93. The lowest BCUT2D eigenvalue weighted by molar-refractivity contribution is -0.136. The number of nitrogens with one attached hydrogen (secondary N) is 1. The number of hydrogen-bond donors (Lipinski definition) is 2. The maximum atomic E-state index is 13.2. The van der Waals surface area contributed by atoms with E-state index in [0.29, 0.717) is 38.0 Å². The fraction of sp³-hybridized carbons (Fsp3) is 0.571. The molecular weight excluding hydrogens is 356 g/mol. The monoisotopic (exact) mass is 384 g/mol. The molecule has 7 heteroatoms. The van der Waals surface area contributed by atoms with Crippen LogP contribution < -0.4 is 11.1 Å². The maximum absolute atomic E-state index is 13.2. The molecule has 3 N–H and O–H groups in total. The Morgan fingerprint density at radius 1 is 1.18 bits per heavy atom. The van der Waals surface area contributed by atoms with E-state index >= 15 is 0 Å². The summed E-state index contributed by atoms with van der Waals surface area (Å²) in [5.74, 6) is -0.116. The van der Waals surface area contributed by atoms with Gasteiger partial charge in [-0.05, 0) is 36.3 Å². The van der Waals surface area contributed by atoms with Crippen LogP contribution in [0.1, 0.15) is 54.1 Å². The third kappa shape index (κ3) is 3.44. The molecule has 2 saturated heterocycles. The summed E-state index contributed by atoms with van der Waals surface area (Å²) < 4.78 is 0. The molecule has 3 aliphatic rings. The second kappa shape index (κ2) is 7.64. The minimum Gasteiger partial charge on any atom is -0.329 e. The molecule has 3 atom stereocenters. The van der Waals surface area contributed by atoms with E-state index in [4.69, 9.17) is 5.73 Å². The van der Waals surface area contributed by atoms with E-state index in [0.717, 1.165) is 29.7 Å². The SMILES string of the molecule is CC1CCC(CN)N(Cc2cccc3c2C(=O)N(C2CCC(=O)NC2=O)C3)C1. The summed E-state index contributed by atoms with van der Waals surface area (Å²) in [7, 11) is 0. The number of carbonyl (C=O) groups is 3. The van der Waals surface area contributed by atoms with Crippen molar-refractivity contribution < 1.29 is 14.4 Å². The van der Waals surface area contributed by atoms with E-state index in [1.165, 1.54) is 6.42 Å². The molecule has 0 bridgehead atoms. The predicted octanol–water partition coefficient (Wildman–Crippen LogP) is 1.01. The molecule has 3 heterocycles. The highest BCUT2D eigenvalue weighted by atomic mass is 16.2. The van der Waals surface area contributed by atoms with Crippen LogP contribution in [0.25, 0.3) is 0 Å². The highest BCUT2D eigenvalue weighted by Gasteiger charge is 2.40. The highest BCUT2D eigenvalue weighted by molar-refractivity contribution is 6.05. The minimum atomic E-state index is -0.572. The van der Waals surface area contributed by atoms with Crippen molar-refractivity contribution in [2.45, 2.75) is 57.8 Å². The number of piperidine rings is 2. The van der Waals surface area contributed by atoms with Gasteiger partial charge in [0.25, 0.3) is 5.91 Å². The molecule has 0 aromatic heterocycles. The van der Waals surface area contributed by atoms with Gasteiger partial charge in [0.05, 0.1) is 0 Å². The fourth-order valence-electron chi connectivity index (χ4n) is 4.80. The molecule has 0 spiro atoms. The molecule has 3 amide bonds. The predicted molar refractivity (Wildman–Crippen MR) is 104 cm³/mol. The van der Waals surface area contributed by atoms with Crippen molar-refractivity contribution in [3.8, 4) is 0 Å². The fourth-order valence-corrected chi connectivity index (χ4v) is 4.80. The molecule has 28 heavy (non-hydrogen) atoms. The van der Waals surface area contributed by atoms with Gasteiger partial charge in [-0.2, -0.15) is 0 Å². The quantitative estimate of drug-likeness (QED) is 0.756. The average Bonchev–Trinajstić information content (AvgIpc) is 2.99. The molecule has 0 saturated carbocycles. The number of imide groups is 1. The van der Waals surface area contributed by atoms with Crippen LogP contribution in [-0.2, 0) is 22.7 Å². The summed E-state index contributed by atoms with van der Waals surface area (Å²) >= 11 is 0. The number of carbonyl (C=O) groups excluding carboxylic acids is 3. The molecule has 2 fully saturated rings. The number of nitrogens with zero attached hydrogens (tertiary/aromatic N) is 2. The van der Waals surface area contributed by atoms with Gasteiger partial charge in [0.1, 0.15) is 6.04 Å². The van der Waals surface area contributed by atoms with Crippen LogP contribution >= 0.6 is 0 Å². The maximum Gasteiger partial charge on any atom is 0.255 e. The topological polar surface area (TPSA) is 95.7 Å². The van der Waals surface area contributed by atoms with E-state index < -0.39 is 6.04 Å². The first kappa shape index (κ1) is 19.1. The van der Waals surface area contributed by atoms with Crippen molar-refractivity contribution in [1.29, 1.82) is 0 Å². The molecule has 1 aromatic carbocycles. The molecular formula is C21H28N4O3. The van der Waals surface area contributed by atoms with Gasteiger partial charge in [-0.3, -0.25) is 24.6 Å². The van der Waals surface area contributed by atoms with Gasteiger partial charge in [0.2, 0.25) is 11.8 Å². The third-order valence-corrected chi connectivity index (χ3v) is 6.34. The molecule has 1 aromatic rings. The number of rotatable bonds is 4.